The minimum Gasteiger partial charge on any atom is -0.324 e. The van der Waals surface area contributed by atoms with E-state index in [1.54, 1.807) is 24.3 Å². The Bertz CT molecular complexity index is 1310. The third-order valence-electron chi connectivity index (χ3n) is 5.12. The summed E-state index contributed by atoms with van der Waals surface area (Å²) in [4.78, 5) is 43.5. The van der Waals surface area contributed by atoms with Gasteiger partial charge in [0.25, 0.3) is 5.56 Å². The molecule has 0 bridgehead atoms. The molecule has 1 atom stereocenters. The lowest BCUT2D eigenvalue weighted by Crippen LogP contribution is -2.33. The number of nitrogens with one attached hydrogen (secondary N) is 1. The molecule has 1 amide bonds. The summed E-state index contributed by atoms with van der Waals surface area (Å²) in [5.74, 6) is -0.347. The number of rotatable bonds is 6. The van der Waals surface area contributed by atoms with Gasteiger partial charge in [-0.3, -0.25) is 19.0 Å². The van der Waals surface area contributed by atoms with E-state index in [1.807, 2.05) is 43.3 Å². The summed E-state index contributed by atoms with van der Waals surface area (Å²) in [6.45, 7) is 3.34. The third-order valence-corrected chi connectivity index (χ3v) is 6.21. The fourth-order valence-electron chi connectivity index (χ4n) is 3.43. The molecular formula is C24H21N3O3S. The lowest BCUT2D eigenvalue weighted by molar-refractivity contribution is -0.119. The van der Waals surface area contributed by atoms with Crippen LogP contribution in [-0.4, -0.2) is 21.2 Å². The molecule has 2 aromatic heterocycles. The number of amides is 1. The largest absolute Gasteiger partial charge is 0.324 e. The van der Waals surface area contributed by atoms with Crippen molar-refractivity contribution in [3.05, 3.63) is 82.9 Å². The summed E-state index contributed by atoms with van der Waals surface area (Å²) >= 11 is 1.45. The lowest BCUT2D eigenvalue weighted by atomic mass is 10.1. The number of hydrogen-bond acceptors (Lipinski definition) is 5. The van der Waals surface area contributed by atoms with Gasteiger partial charge in [-0.05, 0) is 49.2 Å². The van der Waals surface area contributed by atoms with Gasteiger partial charge in [0.1, 0.15) is 10.9 Å². The van der Waals surface area contributed by atoms with Crippen molar-refractivity contribution in [1.29, 1.82) is 0 Å². The lowest BCUT2D eigenvalue weighted by Gasteiger charge is -2.17. The minimum atomic E-state index is -0.697. The third kappa shape index (κ3) is 4.18. The maximum absolute atomic E-state index is 13.2. The number of Topliss-reactive ketones (excluding diaryl/α,β-unsaturated/α-hetero) is 1. The number of hydrogen-bond donors (Lipinski definition) is 1. The molecule has 4 aromatic rings. The van der Waals surface area contributed by atoms with Crippen LogP contribution in [0, 0.1) is 0 Å². The van der Waals surface area contributed by atoms with E-state index < -0.39 is 6.04 Å². The molecule has 0 aliphatic heterocycles. The first kappa shape index (κ1) is 20.7. The number of aromatic nitrogens is 2. The van der Waals surface area contributed by atoms with Crippen molar-refractivity contribution in [3.63, 3.8) is 0 Å². The molecule has 0 spiro atoms. The second kappa shape index (κ2) is 8.65. The summed E-state index contributed by atoms with van der Waals surface area (Å²) in [7, 11) is 0. The molecule has 0 aliphatic rings. The Morgan fingerprint density at radius 1 is 1.10 bits per heavy atom. The molecule has 6 nitrogen and oxygen atoms in total. The quantitative estimate of drug-likeness (QED) is 0.440. The first-order valence-electron chi connectivity index (χ1n) is 9.96. The van der Waals surface area contributed by atoms with Crippen LogP contribution >= 0.6 is 11.3 Å². The molecule has 0 radical (unpaired) electrons. The van der Waals surface area contributed by atoms with Gasteiger partial charge in [0.2, 0.25) is 5.91 Å². The second-order valence-corrected chi connectivity index (χ2v) is 8.23. The number of benzene rings is 2. The first-order valence-corrected chi connectivity index (χ1v) is 10.8. The maximum Gasteiger partial charge on any atom is 0.262 e. The van der Waals surface area contributed by atoms with Gasteiger partial charge in [0.05, 0.1) is 11.7 Å². The van der Waals surface area contributed by atoms with E-state index in [1.165, 1.54) is 29.2 Å². The minimum absolute atomic E-state index is 0.0409. The predicted molar refractivity (Wildman–Crippen MR) is 124 cm³/mol. The standard InChI is InChI=1S/C24H21N3O3S/c1-3-20(22(29)26-18-11-9-16(10-12-18)15(2)28)27-14-25-23-19(24(27)30)13-21(31-23)17-7-5-4-6-8-17/h4-14,20H,3H2,1-2H3,(H,26,29). The van der Waals surface area contributed by atoms with Crippen LogP contribution in [0.25, 0.3) is 20.7 Å². The highest BCUT2D eigenvalue weighted by Gasteiger charge is 2.22. The van der Waals surface area contributed by atoms with Crippen LogP contribution < -0.4 is 10.9 Å². The molecule has 2 heterocycles. The second-order valence-electron chi connectivity index (χ2n) is 7.20. The van der Waals surface area contributed by atoms with E-state index in [0.29, 0.717) is 27.9 Å². The van der Waals surface area contributed by atoms with Gasteiger partial charge >= 0.3 is 0 Å². The molecule has 4 rings (SSSR count). The van der Waals surface area contributed by atoms with Crippen molar-refractivity contribution < 1.29 is 9.59 Å². The summed E-state index contributed by atoms with van der Waals surface area (Å²) in [5.41, 5.74) is 1.92. The zero-order chi connectivity index (χ0) is 22.0. The van der Waals surface area contributed by atoms with E-state index in [9.17, 15) is 14.4 Å². The maximum atomic E-state index is 13.2. The normalized spacial score (nSPS) is 11.9. The van der Waals surface area contributed by atoms with Crippen molar-refractivity contribution >= 4 is 38.9 Å². The highest BCUT2D eigenvalue weighted by Crippen LogP contribution is 2.31. The fourth-order valence-corrected chi connectivity index (χ4v) is 4.42. The topological polar surface area (TPSA) is 81.1 Å². The summed E-state index contributed by atoms with van der Waals surface area (Å²) < 4.78 is 1.39. The molecule has 2 aromatic carbocycles. The molecule has 0 fully saturated rings. The number of anilines is 1. The van der Waals surface area contributed by atoms with E-state index >= 15 is 0 Å². The predicted octanol–water partition coefficient (Wildman–Crippen LogP) is 4.92. The number of fused-ring (bicyclic) bond motifs is 1. The van der Waals surface area contributed by atoms with Gasteiger partial charge in [0, 0.05) is 16.1 Å². The van der Waals surface area contributed by atoms with Crippen molar-refractivity contribution in [2.75, 3.05) is 5.32 Å². The Morgan fingerprint density at radius 3 is 2.45 bits per heavy atom. The Kier molecular flexibility index (Phi) is 5.77. The van der Waals surface area contributed by atoms with Crippen molar-refractivity contribution in [1.82, 2.24) is 9.55 Å². The van der Waals surface area contributed by atoms with Crippen molar-refractivity contribution in [2.45, 2.75) is 26.3 Å². The number of thiophene rings is 1. The number of ketones is 1. The zero-order valence-corrected chi connectivity index (χ0v) is 18.0. The number of carbonyl (C=O) groups is 2. The molecule has 31 heavy (non-hydrogen) atoms. The van der Waals surface area contributed by atoms with Gasteiger partial charge in [-0.2, -0.15) is 0 Å². The van der Waals surface area contributed by atoms with Gasteiger partial charge in [-0.25, -0.2) is 4.98 Å². The molecule has 0 aliphatic carbocycles. The van der Waals surface area contributed by atoms with Crippen LogP contribution in [0.4, 0.5) is 5.69 Å². The van der Waals surface area contributed by atoms with Crippen molar-refractivity contribution in [2.24, 2.45) is 0 Å². The van der Waals surface area contributed by atoms with Gasteiger partial charge in [-0.1, -0.05) is 37.3 Å². The smallest absolute Gasteiger partial charge is 0.262 e. The van der Waals surface area contributed by atoms with E-state index in [-0.39, 0.29) is 17.2 Å². The Hall–Kier alpha value is -3.58. The summed E-state index contributed by atoms with van der Waals surface area (Å²) in [6, 6.07) is 17.6. The van der Waals surface area contributed by atoms with Crippen LogP contribution in [0.3, 0.4) is 0 Å². The number of nitrogens with zero attached hydrogens (tertiary/aromatic N) is 2. The van der Waals surface area contributed by atoms with Crippen LogP contribution in [0.1, 0.15) is 36.7 Å². The summed E-state index contributed by atoms with van der Waals surface area (Å²) in [6.07, 6.45) is 1.88. The molecule has 1 N–H and O–H groups in total. The van der Waals surface area contributed by atoms with Crippen LogP contribution in [0.15, 0.2) is 71.8 Å². The average Bonchev–Trinajstić information content (AvgIpc) is 3.22. The molecule has 0 saturated heterocycles. The summed E-state index contributed by atoms with van der Waals surface area (Å²) in [5, 5.41) is 3.33. The highest BCUT2D eigenvalue weighted by molar-refractivity contribution is 7.21. The molecule has 156 valence electrons. The van der Waals surface area contributed by atoms with E-state index in [4.69, 9.17) is 0 Å². The van der Waals surface area contributed by atoms with E-state index in [0.717, 1.165) is 10.4 Å². The zero-order valence-electron chi connectivity index (χ0n) is 17.2. The Balaban J connectivity index is 1.63. The monoisotopic (exact) mass is 431 g/mol. The highest BCUT2D eigenvalue weighted by atomic mass is 32.1. The number of carbonyl (C=O) groups excluding carboxylic acids is 2. The Labute approximate surface area is 183 Å². The SMILES string of the molecule is CCC(C(=O)Nc1ccc(C(C)=O)cc1)n1cnc2sc(-c3ccccc3)cc2c1=O. The van der Waals surface area contributed by atoms with Gasteiger partial charge in [0.15, 0.2) is 5.78 Å². The molecule has 0 saturated carbocycles. The molecular weight excluding hydrogens is 410 g/mol. The van der Waals surface area contributed by atoms with E-state index in [2.05, 4.69) is 10.3 Å². The average molecular weight is 432 g/mol. The van der Waals surface area contributed by atoms with Gasteiger partial charge < -0.3 is 5.32 Å². The first-order chi connectivity index (χ1) is 15.0. The Morgan fingerprint density at radius 2 is 1.81 bits per heavy atom. The van der Waals surface area contributed by atoms with Crippen LogP contribution in [0.5, 0.6) is 0 Å². The van der Waals surface area contributed by atoms with Gasteiger partial charge in [-0.15, -0.1) is 11.3 Å². The van der Waals surface area contributed by atoms with Crippen LogP contribution in [0.2, 0.25) is 0 Å². The molecule has 7 heteroatoms. The van der Waals surface area contributed by atoms with Crippen LogP contribution in [-0.2, 0) is 4.79 Å². The fraction of sp³-hybridized carbons (Fsp3) is 0.167. The molecule has 1 unspecified atom stereocenters. The van der Waals surface area contributed by atoms with Crippen molar-refractivity contribution in [3.8, 4) is 10.4 Å².